The van der Waals surface area contributed by atoms with Gasteiger partial charge in [-0.3, -0.25) is 0 Å². The lowest BCUT2D eigenvalue weighted by atomic mass is 10.0. The molecule has 0 atom stereocenters. The van der Waals surface area contributed by atoms with E-state index >= 15 is 0 Å². The normalized spacial score (nSPS) is 11.6. The quantitative estimate of drug-likeness (QED) is 0.851. The van der Waals surface area contributed by atoms with E-state index in [1.54, 1.807) is 36.4 Å². The molecule has 0 heterocycles. The lowest BCUT2D eigenvalue weighted by molar-refractivity contribution is 0.0697. The second kappa shape index (κ2) is 6.93. The van der Waals surface area contributed by atoms with E-state index in [0.717, 1.165) is 11.1 Å². The smallest absolute Gasteiger partial charge is 0.335 e. The van der Waals surface area contributed by atoms with Crippen LogP contribution in [-0.2, 0) is 10.0 Å². The molecular weight excluding hydrogens is 314 g/mol. The average molecular weight is 333 g/mol. The SMILES string of the molecule is CC(C)CNS(=O)(=O)c1ccc(-c2ccc(C(=O)O)cc2)cc1. The monoisotopic (exact) mass is 333 g/mol. The summed E-state index contributed by atoms with van der Waals surface area (Å²) in [7, 11) is -3.50. The predicted octanol–water partition coefficient (Wildman–Crippen LogP) is 2.99. The Morgan fingerprint density at radius 1 is 1.00 bits per heavy atom. The maximum absolute atomic E-state index is 12.1. The highest BCUT2D eigenvalue weighted by atomic mass is 32.2. The van der Waals surface area contributed by atoms with Crippen LogP contribution in [0, 0.1) is 5.92 Å². The summed E-state index contributed by atoms with van der Waals surface area (Å²) in [6.45, 7) is 4.26. The van der Waals surface area contributed by atoms with Gasteiger partial charge in [0.05, 0.1) is 10.5 Å². The van der Waals surface area contributed by atoms with Crippen molar-refractivity contribution in [1.29, 1.82) is 0 Å². The Morgan fingerprint density at radius 3 is 1.91 bits per heavy atom. The molecule has 0 fully saturated rings. The number of sulfonamides is 1. The Kier molecular flexibility index (Phi) is 5.18. The number of hydrogen-bond acceptors (Lipinski definition) is 3. The largest absolute Gasteiger partial charge is 0.478 e. The van der Waals surface area contributed by atoms with E-state index in [1.807, 2.05) is 13.8 Å². The zero-order chi connectivity index (χ0) is 17.0. The van der Waals surface area contributed by atoms with Gasteiger partial charge in [0.2, 0.25) is 10.0 Å². The Balaban J connectivity index is 2.20. The first-order chi connectivity index (χ1) is 10.8. The van der Waals surface area contributed by atoms with Crippen molar-refractivity contribution in [3.63, 3.8) is 0 Å². The van der Waals surface area contributed by atoms with Gasteiger partial charge in [0, 0.05) is 6.54 Å². The van der Waals surface area contributed by atoms with Crippen molar-refractivity contribution in [2.45, 2.75) is 18.7 Å². The number of rotatable bonds is 6. The molecular formula is C17H19NO4S. The molecule has 0 saturated heterocycles. The van der Waals surface area contributed by atoms with E-state index in [4.69, 9.17) is 5.11 Å². The third-order valence-corrected chi connectivity index (χ3v) is 4.75. The standard InChI is InChI=1S/C17H19NO4S/c1-12(2)11-18-23(21,22)16-9-7-14(8-10-16)13-3-5-15(6-4-13)17(19)20/h3-10,12,18H,11H2,1-2H3,(H,19,20). The van der Waals surface area contributed by atoms with Gasteiger partial charge in [0.25, 0.3) is 0 Å². The number of carboxylic acid groups (broad SMARTS) is 1. The summed E-state index contributed by atoms with van der Waals surface area (Å²) >= 11 is 0. The number of aromatic carboxylic acids is 1. The number of carboxylic acids is 1. The summed E-state index contributed by atoms with van der Waals surface area (Å²) in [5, 5.41) is 8.89. The summed E-state index contributed by atoms with van der Waals surface area (Å²) in [4.78, 5) is 11.1. The third kappa shape index (κ3) is 4.40. The summed E-state index contributed by atoms with van der Waals surface area (Å²) in [6.07, 6.45) is 0. The van der Waals surface area contributed by atoms with Crippen LogP contribution in [0.3, 0.4) is 0 Å². The fourth-order valence-corrected chi connectivity index (χ4v) is 3.21. The second-order valence-corrected chi connectivity index (χ2v) is 7.42. The first-order valence-electron chi connectivity index (χ1n) is 7.23. The van der Waals surface area contributed by atoms with Crippen LogP contribution in [0.1, 0.15) is 24.2 Å². The van der Waals surface area contributed by atoms with Crippen molar-refractivity contribution < 1.29 is 18.3 Å². The van der Waals surface area contributed by atoms with Gasteiger partial charge in [-0.2, -0.15) is 0 Å². The molecule has 0 aliphatic carbocycles. The van der Waals surface area contributed by atoms with Crippen molar-refractivity contribution in [3.8, 4) is 11.1 Å². The second-order valence-electron chi connectivity index (χ2n) is 5.65. The van der Waals surface area contributed by atoms with Gasteiger partial charge < -0.3 is 5.11 Å². The highest BCUT2D eigenvalue weighted by molar-refractivity contribution is 7.89. The highest BCUT2D eigenvalue weighted by Crippen LogP contribution is 2.22. The summed E-state index contributed by atoms with van der Waals surface area (Å²) < 4.78 is 26.8. The molecule has 0 aliphatic rings. The van der Waals surface area contributed by atoms with Crippen LogP contribution in [-0.4, -0.2) is 26.0 Å². The van der Waals surface area contributed by atoms with Crippen LogP contribution in [0.4, 0.5) is 0 Å². The predicted molar refractivity (Wildman–Crippen MR) is 88.9 cm³/mol. The van der Waals surface area contributed by atoms with E-state index in [-0.39, 0.29) is 16.4 Å². The van der Waals surface area contributed by atoms with Gasteiger partial charge in [-0.05, 0) is 41.3 Å². The number of nitrogens with one attached hydrogen (secondary N) is 1. The van der Waals surface area contributed by atoms with Gasteiger partial charge in [-0.25, -0.2) is 17.9 Å². The van der Waals surface area contributed by atoms with Gasteiger partial charge in [-0.15, -0.1) is 0 Å². The van der Waals surface area contributed by atoms with E-state index in [2.05, 4.69) is 4.72 Å². The summed E-state index contributed by atoms with van der Waals surface area (Å²) in [5.74, 6) is -0.744. The molecule has 0 bridgehead atoms. The maximum atomic E-state index is 12.1. The minimum absolute atomic E-state index is 0.212. The number of benzene rings is 2. The molecule has 5 nitrogen and oxygen atoms in total. The first kappa shape index (κ1) is 17.2. The fraction of sp³-hybridized carbons (Fsp3) is 0.235. The van der Waals surface area contributed by atoms with Crippen LogP contribution in [0.2, 0.25) is 0 Å². The third-order valence-electron chi connectivity index (χ3n) is 3.31. The van der Waals surface area contributed by atoms with Crippen molar-refractivity contribution >= 4 is 16.0 Å². The Bertz CT molecular complexity index is 778. The van der Waals surface area contributed by atoms with Gasteiger partial charge in [-0.1, -0.05) is 38.1 Å². The topological polar surface area (TPSA) is 83.5 Å². The van der Waals surface area contributed by atoms with Crippen LogP contribution < -0.4 is 4.72 Å². The number of carbonyl (C=O) groups is 1. The molecule has 6 heteroatoms. The Hall–Kier alpha value is -2.18. The molecule has 0 aromatic heterocycles. The van der Waals surface area contributed by atoms with Crippen LogP contribution in [0.15, 0.2) is 53.4 Å². The molecule has 0 aliphatic heterocycles. The summed E-state index contributed by atoms with van der Waals surface area (Å²) in [6, 6.07) is 12.9. The lowest BCUT2D eigenvalue weighted by Gasteiger charge is -2.09. The molecule has 122 valence electrons. The van der Waals surface area contributed by atoms with Gasteiger partial charge in [0.15, 0.2) is 0 Å². The van der Waals surface area contributed by atoms with Crippen LogP contribution in [0.25, 0.3) is 11.1 Å². The zero-order valence-corrected chi connectivity index (χ0v) is 13.8. The average Bonchev–Trinajstić information content (AvgIpc) is 2.53. The summed E-state index contributed by atoms with van der Waals surface area (Å²) in [5.41, 5.74) is 1.87. The molecule has 2 aromatic rings. The number of hydrogen-bond donors (Lipinski definition) is 2. The molecule has 0 saturated carbocycles. The van der Waals surface area contributed by atoms with E-state index < -0.39 is 16.0 Å². The van der Waals surface area contributed by atoms with Crippen LogP contribution >= 0.6 is 0 Å². The van der Waals surface area contributed by atoms with Crippen molar-refractivity contribution in [2.75, 3.05) is 6.54 Å². The Labute approximate surface area is 136 Å². The highest BCUT2D eigenvalue weighted by Gasteiger charge is 2.14. The minimum atomic E-state index is -3.50. The van der Waals surface area contributed by atoms with Crippen molar-refractivity contribution in [2.24, 2.45) is 5.92 Å². The molecule has 2 rings (SSSR count). The Morgan fingerprint density at radius 2 is 1.48 bits per heavy atom. The fourth-order valence-electron chi connectivity index (χ4n) is 1.99. The van der Waals surface area contributed by atoms with Gasteiger partial charge in [0.1, 0.15) is 0 Å². The van der Waals surface area contributed by atoms with Crippen LogP contribution in [0.5, 0.6) is 0 Å². The molecule has 0 radical (unpaired) electrons. The molecule has 0 unspecified atom stereocenters. The van der Waals surface area contributed by atoms with Crippen molar-refractivity contribution in [3.05, 3.63) is 54.1 Å². The molecule has 2 aromatic carbocycles. The molecule has 23 heavy (non-hydrogen) atoms. The lowest BCUT2D eigenvalue weighted by Crippen LogP contribution is -2.27. The minimum Gasteiger partial charge on any atom is -0.478 e. The molecule has 0 amide bonds. The van der Waals surface area contributed by atoms with E-state index in [0.29, 0.717) is 6.54 Å². The first-order valence-corrected chi connectivity index (χ1v) is 8.71. The zero-order valence-electron chi connectivity index (χ0n) is 13.0. The van der Waals surface area contributed by atoms with Gasteiger partial charge >= 0.3 is 5.97 Å². The maximum Gasteiger partial charge on any atom is 0.335 e. The van der Waals surface area contributed by atoms with Crippen molar-refractivity contribution in [1.82, 2.24) is 4.72 Å². The molecule has 2 N–H and O–H groups in total. The molecule has 0 spiro atoms. The van der Waals surface area contributed by atoms with E-state index in [1.165, 1.54) is 12.1 Å². The van der Waals surface area contributed by atoms with E-state index in [9.17, 15) is 13.2 Å².